The standard InChI is InChI=1S/C61H121N2O6P/c1-6-8-10-12-14-16-18-20-22-24-25-26-27-28-29-30-31-32-33-34-35-36-37-39-41-43-45-47-49-51-53-55-61(65)62-59(58-69-70(66,67)68-57-56-63(3,4)5)60(64)54-52-50-48-46-44-42-40-38-23-21-19-17-15-13-11-9-7-2/h28-29,52,54,59-60,64H,6-27,30-51,53,55-58H2,1-5H3,(H-,62,65,66,67)/b29-28-,54-52+. The van der Waals surface area contributed by atoms with Gasteiger partial charge in [0.2, 0.25) is 5.91 Å². The molecule has 8 nitrogen and oxygen atoms in total. The highest BCUT2D eigenvalue weighted by Crippen LogP contribution is 2.38. The summed E-state index contributed by atoms with van der Waals surface area (Å²) in [5.74, 6) is -0.192. The third-order valence-corrected chi connectivity index (χ3v) is 15.1. The number of nitrogens with one attached hydrogen (secondary N) is 1. The SMILES string of the molecule is CCCCCCCCCCCCCC/C=C\CCCCCCCCCCCCCCCCCC(=O)NC(COP(=O)([O-])OCC[N+](C)(C)C)C(O)/C=C/CCCCCCCCCCCCCCCCC. The zero-order valence-corrected chi connectivity index (χ0v) is 48.4. The Hall–Kier alpha value is -1.02. The van der Waals surface area contributed by atoms with E-state index in [1.807, 2.05) is 27.2 Å². The van der Waals surface area contributed by atoms with Crippen LogP contribution in [0.3, 0.4) is 0 Å². The van der Waals surface area contributed by atoms with Crippen LogP contribution in [0.2, 0.25) is 0 Å². The van der Waals surface area contributed by atoms with E-state index in [0.717, 1.165) is 38.5 Å². The van der Waals surface area contributed by atoms with Crippen LogP contribution < -0.4 is 10.2 Å². The highest BCUT2D eigenvalue weighted by molar-refractivity contribution is 7.45. The Morgan fingerprint density at radius 2 is 0.786 bits per heavy atom. The second kappa shape index (κ2) is 52.8. The Kier molecular flexibility index (Phi) is 52.1. The molecule has 0 fully saturated rings. The molecule has 0 bridgehead atoms. The Morgan fingerprint density at radius 1 is 0.486 bits per heavy atom. The fourth-order valence-corrected chi connectivity index (χ4v) is 10.1. The zero-order valence-electron chi connectivity index (χ0n) is 47.5. The average Bonchev–Trinajstić information content (AvgIpc) is 3.32. The van der Waals surface area contributed by atoms with Crippen LogP contribution in [0, 0.1) is 0 Å². The normalized spacial score (nSPS) is 14.0. The molecule has 0 radical (unpaired) electrons. The van der Waals surface area contributed by atoms with Crippen molar-refractivity contribution in [1.29, 1.82) is 0 Å². The van der Waals surface area contributed by atoms with E-state index in [9.17, 15) is 19.4 Å². The molecule has 0 rings (SSSR count). The molecule has 0 aliphatic rings. The van der Waals surface area contributed by atoms with Crippen LogP contribution in [-0.4, -0.2) is 68.5 Å². The molecule has 0 aliphatic heterocycles. The summed E-state index contributed by atoms with van der Waals surface area (Å²) in [5.41, 5.74) is 0. The minimum absolute atomic E-state index is 0.00127. The Balaban J connectivity index is 4.06. The average molecular weight is 1010 g/mol. The van der Waals surface area contributed by atoms with Crippen molar-refractivity contribution in [3.63, 3.8) is 0 Å². The number of allylic oxidation sites excluding steroid dienone is 3. The molecule has 0 spiro atoms. The summed E-state index contributed by atoms with van der Waals surface area (Å²) < 4.78 is 23.4. The number of carbonyl (C=O) groups is 1. The van der Waals surface area contributed by atoms with Crippen molar-refractivity contribution < 1.29 is 32.9 Å². The molecule has 0 aliphatic carbocycles. The number of unbranched alkanes of at least 4 members (excludes halogenated alkanes) is 42. The summed E-state index contributed by atoms with van der Waals surface area (Å²) in [5, 5.41) is 13.9. The highest BCUT2D eigenvalue weighted by atomic mass is 31.2. The number of hydrogen-bond acceptors (Lipinski definition) is 6. The lowest BCUT2D eigenvalue weighted by Crippen LogP contribution is -2.45. The molecule has 1 amide bonds. The number of phosphoric acid groups is 1. The van der Waals surface area contributed by atoms with Gasteiger partial charge in [-0.15, -0.1) is 0 Å². The summed E-state index contributed by atoms with van der Waals surface area (Å²) >= 11 is 0. The summed E-state index contributed by atoms with van der Waals surface area (Å²) in [6.45, 7) is 4.69. The molecule has 416 valence electrons. The van der Waals surface area contributed by atoms with Crippen LogP contribution in [0.25, 0.3) is 0 Å². The molecule has 0 aromatic heterocycles. The van der Waals surface area contributed by atoms with E-state index in [0.29, 0.717) is 17.4 Å². The molecule has 0 aromatic carbocycles. The second-order valence-electron chi connectivity index (χ2n) is 22.4. The number of phosphoric ester groups is 1. The van der Waals surface area contributed by atoms with Crippen molar-refractivity contribution in [2.75, 3.05) is 40.9 Å². The fraction of sp³-hybridized carbons (Fsp3) is 0.918. The number of aliphatic hydroxyl groups is 1. The molecule has 0 aromatic rings. The van der Waals surface area contributed by atoms with Gasteiger partial charge in [0.15, 0.2) is 0 Å². The van der Waals surface area contributed by atoms with Crippen LogP contribution in [0.15, 0.2) is 24.3 Å². The van der Waals surface area contributed by atoms with Crippen LogP contribution in [0.4, 0.5) is 0 Å². The van der Waals surface area contributed by atoms with Gasteiger partial charge in [0, 0.05) is 6.42 Å². The molecular weight excluding hydrogens is 888 g/mol. The molecule has 0 saturated heterocycles. The monoisotopic (exact) mass is 1010 g/mol. The maximum Gasteiger partial charge on any atom is 0.268 e. The molecule has 9 heteroatoms. The third kappa shape index (κ3) is 54.7. The molecular formula is C61H121N2O6P. The number of nitrogens with zero attached hydrogens (tertiary/aromatic N) is 1. The van der Waals surface area contributed by atoms with Crippen LogP contribution in [0.5, 0.6) is 0 Å². The molecule has 3 atom stereocenters. The summed E-state index contributed by atoms with van der Waals surface area (Å²) in [6, 6.07) is -0.884. The second-order valence-corrected chi connectivity index (χ2v) is 23.8. The van der Waals surface area contributed by atoms with E-state index in [-0.39, 0.29) is 19.1 Å². The summed E-state index contributed by atoms with van der Waals surface area (Å²) in [6.07, 6.45) is 67.0. The molecule has 2 N–H and O–H groups in total. The minimum Gasteiger partial charge on any atom is -0.756 e. The van der Waals surface area contributed by atoms with E-state index in [2.05, 4.69) is 31.3 Å². The molecule has 3 unspecified atom stereocenters. The third-order valence-electron chi connectivity index (χ3n) is 14.2. The van der Waals surface area contributed by atoms with Crippen LogP contribution in [-0.2, 0) is 18.4 Å². The largest absolute Gasteiger partial charge is 0.756 e. The van der Waals surface area contributed by atoms with Crippen LogP contribution >= 0.6 is 7.82 Å². The minimum atomic E-state index is -4.59. The predicted octanol–water partition coefficient (Wildman–Crippen LogP) is 18.1. The van der Waals surface area contributed by atoms with Gasteiger partial charge in [0.05, 0.1) is 39.9 Å². The van der Waals surface area contributed by atoms with E-state index >= 15 is 0 Å². The predicted molar refractivity (Wildman–Crippen MR) is 302 cm³/mol. The van der Waals surface area contributed by atoms with Crippen molar-refractivity contribution in [1.82, 2.24) is 5.32 Å². The zero-order chi connectivity index (χ0) is 51.3. The number of carbonyl (C=O) groups excluding carboxylic acids is 1. The number of rotatable bonds is 57. The van der Waals surface area contributed by atoms with E-state index in [4.69, 9.17) is 9.05 Å². The van der Waals surface area contributed by atoms with E-state index < -0.39 is 20.0 Å². The quantitative estimate of drug-likeness (QED) is 0.0272. The first-order valence-corrected chi connectivity index (χ1v) is 32.2. The van der Waals surface area contributed by atoms with Crippen molar-refractivity contribution in [2.45, 2.75) is 321 Å². The van der Waals surface area contributed by atoms with Crippen molar-refractivity contribution in [2.24, 2.45) is 0 Å². The number of quaternary nitrogens is 1. The molecule has 70 heavy (non-hydrogen) atoms. The summed E-state index contributed by atoms with van der Waals surface area (Å²) in [7, 11) is 1.27. The smallest absolute Gasteiger partial charge is 0.268 e. The Bertz CT molecular complexity index is 1190. The Morgan fingerprint density at radius 3 is 1.11 bits per heavy atom. The van der Waals surface area contributed by atoms with Gasteiger partial charge in [0.25, 0.3) is 7.82 Å². The van der Waals surface area contributed by atoms with Crippen molar-refractivity contribution in [3.05, 3.63) is 24.3 Å². The first kappa shape index (κ1) is 69.0. The number of hydrogen-bond donors (Lipinski definition) is 2. The van der Waals surface area contributed by atoms with Crippen LogP contribution in [0.1, 0.15) is 309 Å². The van der Waals surface area contributed by atoms with Gasteiger partial charge in [-0.05, 0) is 44.9 Å². The fourth-order valence-electron chi connectivity index (χ4n) is 9.33. The topological polar surface area (TPSA) is 108 Å². The number of likely N-dealkylation sites (N-methyl/N-ethyl adjacent to an activating group) is 1. The lowest BCUT2D eigenvalue weighted by atomic mass is 10.0. The van der Waals surface area contributed by atoms with Gasteiger partial charge in [-0.1, -0.05) is 282 Å². The molecule has 0 saturated carbocycles. The number of aliphatic hydroxyl groups excluding tert-OH is 1. The van der Waals surface area contributed by atoms with Crippen molar-refractivity contribution >= 4 is 13.7 Å². The van der Waals surface area contributed by atoms with E-state index in [1.54, 1.807) is 6.08 Å². The first-order chi connectivity index (χ1) is 34.0. The van der Waals surface area contributed by atoms with Gasteiger partial charge >= 0.3 is 0 Å². The van der Waals surface area contributed by atoms with E-state index in [1.165, 1.54) is 250 Å². The van der Waals surface area contributed by atoms with Crippen molar-refractivity contribution in [3.8, 4) is 0 Å². The number of amides is 1. The van der Waals surface area contributed by atoms with Gasteiger partial charge in [-0.3, -0.25) is 9.36 Å². The lowest BCUT2D eigenvalue weighted by molar-refractivity contribution is -0.870. The van der Waals surface area contributed by atoms with Gasteiger partial charge in [-0.2, -0.15) is 0 Å². The molecule has 0 heterocycles. The maximum absolute atomic E-state index is 13.0. The van der Waals surface area contributed by atoms with Gasteiger partial charge in [0.1, 0.15) is 13.2 Å². The lowest BCUT2D eigenvalue weighted by Gasteiger charge is -2.29. The van der Waals surface area contributed by atoms with Gasteiger partial charge < -0.3 is 28.8 Å². The van der Waals surface area contributed by atoms with Gasteiger partial charge in [-0.25, -0.2) is 0 Å². The highest BCUT2D eigenvalue weighted by Gasteiger charge is 2.23. The first-order valence-electron chi connectivity index (χ1n) is 30.7. The summed E-state index contributed by atoms with van der Waals surface area (Å²) in [4.78, 5) is 25.5. The Labute approximate surface area is 436 Å². The maximum atomic E-state index is 13.0.